The first-order valence-electron chi connectivity index (χ1n) is 12.6. The van der Waals surface area contributed by atoms with Gasteiger partial charge in [-0.05, 0) is 55.5 Å². The van der Waals surface area contributed by atoms with Crippen LogP contribution in [0.15, 0.2) is 53.6 Å². The SMILES string of the molecule is COC(=O)c1ccc(Oc2cnc(NC(=O)C(OC3CCOCC3)c3ccc(S(=O)(=O)C4CC4)cc3)s2)cc1Cl. The van der Waals surface area contributed by atoms with Crippen LogP contribution in [0.3, 0.4) is 0 Å². The molecule has 0 radical (unpaired) electrons. The number of sulfone groups is 1. The summed E-state index contributed by atoms with van der Waals surface area (Å²) in [5, 5.41) is 3.30. The number of carbonyl (C=O) groups excluding carboxylic acids is 2. The van der Waals surface area contributed by atoms with Crippen LogP contribution in [-0.2, 0) is 28.8 Å². The molecule has 1 aliphatic carbocycles. The van der Waals surface area contributed by atoms with E-state index in [0.717, 1.165) is 11.3 Å². The lowest BCUT2D eigenvalue weighted by atomic mass is 10.1. The van der Waals surface area contributed by atoms with Crippen LogP contribution in [0, 0.1) is 0 Å². The maximum absolute atomic E-state index is 13.4. The zero-order valence-corrected chi connectivity index (χ0v) is 23.9. The summed E-state index contributed by atoms with van der Waals surface area (Å²) in [7, 11) is -2.08. The number of ether oxygens (including phenoxy) is 4. The highest BCUT2D eigenvalue weighted by Crippen LogP contribution is 2.36. The molecule has 1 unspecified atom stereocenters. The van der Waals surface area contributed by atoms with Gasteiger partial charge in [0.25, 0.3) is 5.91 Å². The first-order chi connectivity index (χ1) is 19.2. The number of amides is 1. The maximum atomic E-state index is 13.4. The van der Waals surface area contributed by atoms with E-state index < -0.39 is 27.8 Å². The molecular weight excluding hydrogens is 580 g/mol. The Balaban J connectivity index is 1.30. The number of hydrogen-bond acceptors (Lipinski definition) is 10. The predicted octanol–water partition coefficient (Wildman–Crippen LogP) is 5.19. The molecule has 2 aliphatic rings. The largest absolute Gasteiger partial charge is 0.465 e. The summed E-state index contributed by atoms with van der Waals surface area (Å²) < 4.78 is 47.3. The molecule has 2 fully saturated rings. The molecule has 10 nitrogen and oxygen atoms in total. The Morgan fingerprint density at radius 2 is 1.82 bits per heavy atom. The Morgan fingerprint density at radius 3 is 2.48 bits per heavy atom. The Morgan fingerprint density at radius 1 is 1.10 bits per heavy atom. The quantitative estimate of drug-likeness (QED) is 0.310. The number of methoxy groups -OCH3 is 1. The van der Waals surface area contributed by atoms with E-state index in [4.69, 9.17) is 30.5 Å². The molecule has 1 aliphatic heterocycles. The first-order valence-corrected chi connectivity index (χ1v) is 15.4. The molecule has 1 saturated carbocycles. The Labute approximate surface area is 240 Å². The molecule has 212 valence electrons. The van der Waals surface area contributed by atoms with E-state index in [-0.39, 0.29) is 32.0 Å². The van der Waals surface area contributed by atoms with Crippen LogP contribution in [0.25, 0.3) is 0 Å². The summed E-state index contributed by atoms with van der Waals surface area (Å²) in [6.45, 7) is 1.07. The van der Waals surface area contributed by atoms with Gasteiger partial charge in [0.2, 0.25) is 5.06 Å². The van der Waals surface area contributed by atoms with E-state index in [1.165, 1.54) is 37.6 Å². The zero-order valence-electron chi connectivity index (χ0n) is 21.5. The van der Waals surface area contributed by atoms with E-state index in [0.29, 0.717) is 55.3 Å². The van der Waals surface area contributed by atoms with Crippen LogP contribution < -0.4 is 10.1 Å². The van der Waals surface area contributed by atoms with Gasteiger partial charge in [0.15, 0.2) is 21.1 Å². The topological polar surface area (TPSA) is 130 Å². The number of nitrogens with one attached hydrogen (secondary N) is 1. The molecule has 0 bridgehead atoms. The van der Waals surface area contributed by atoms with Crippen LogP contribution >= 0.6 is 22.9 Å². The highest BCUT2D eigenvalue weighted by molar-refractivity contribution is 7.92. The number of benzene rings is 2. The second-order valence-electron chi connectivity index (χ2n) is 9.35. The normalized spacial score (nSPS) is 16.8. The van der Waals surface area contributed by atoms with E-state index in [1.807, 2.05) is 0 Å². The van der Waals surface area contributed by atoms with Crippen molar-refractivity contribution in [1.82, 2.24) is 4.98 Å². The van der Waals surface area contributed by atoms with Gasteiger partial charge in [-0.2, -0.15) is 0 Å². The Hall–Kier alpha value is -3.03. The molecule has 3 aromatic rings. The van der Waals surface area contributed by atoms with Gasteiger partial charge in [0.05, 0.1) is 40.1 Å². The van der Waals surface area contributed by atoms with Crippen molar-refractivity contribution in [2.24, 2.45) is 0 Å². The molecule has 5 rings (SSSR count). The lowest BCUT2D eigenvalue weighted by Gasteiger charge is -2.27. The number of aromatic nitrogens is 1. The van der Waals surface area contributed by atoms with E-state index in [9.17, 15) is 18.0 Å². The van der Waals surface area contributed by atoms with Crippen molar-refractivity contribution in [1.29, 1.82) is 0 Å². The fourth-order valence-corrected chi connectivity index (χ4v) is 6.78. The van der Waals surface area contributed by atoms with Gasteiger partial charge in [0.1, 0.15) is 5.75 Å². The summed E-state index contributed by atoms with van der Waals surface area (Å²) in [5.74, 6) is -0.632. The summed E-state index contributed by atoms with van der Waals surface area (Å²) in [5.41, 5.74) is 0.745. The van der Waals surface area contributed by atoms with Gasteiger partial charge >= 0.3 is 5.97 Å². The van der Waals surface area contributed by atoms with Crippen molar-refractivity contribution in [3.63, 3.8) is 0 Å². The highest BCUT2D eigenvalue weighted by Gasteiger charge is 2.37. The van der Waals surface area contributed by atoms with Gasteiger partial charge < -0.3 is 18.9 Å². The predicted molar refractivity (Wildman–Crippen MR) is 148 cm³/mol. The van der Waals surface area contributed by atoms with Crippen LogP contribution in [0.2, 0.25) is 5.02 Å². The zero-order chi connectivity index (χ0) is 28.3. The second-order valence-corrected chi connectivity index (χ2v) is 13.0. The smallest absolute Gasteiger partial charge is 0.339 e. The average molecular weight is 607 g/mol. The Bertz CT molecular complexity index is 1480. The van der Waals surface area contributed by atoms with E-state index in [1.54, 1.807) is 18.2 Å². The summed E-state index contributed by atoms with van der Waals surface area (Å²) >= 11 is 7.26. The molecule has 0 spiro atoms. The van der Waals surface area contributed by atoms with Crippen molar-refractivity contribution in [2.45, 2.75) is 48.0 Å². The molecule has 1 amide bonds. The van der Waals surface area contributed by atoms with Gasteiger partial charge in [-0.15, -0.1) is 0 Å². The van der Waals surface area contributed by atoms with Crippen LogP contribution in [0.4, 0.5) is 5.13 Å². The Kier molecular flexibility index (Phi) is 8.71. The summed E-state index contributed by atoms with van der Waals surface area (Å²) in [4.78, 5) is 29.6. The van der Waals surface area contributed by atoms with Crippen LogP contribution in [0.1, 0.15) is 47.7 Å². The maximum Gasteiger partial charge on any atom is 0.339 e. The monoisotopic (exact) mass is 606 g/mol. The average Bonchev–Trinajstić information content (AvgIpc) is 3.74. The minimum atomic E-state index is -3.35. The molecule has 13 heteroatoms. The third kappa shape index (κ3) is 6.64. The van der Waals surface area contributed by atoms with Gasteiger partial charge in [-0.1, -0.05) is 35.1 Å². The fourth-order valence-electron chi connectivity index (χ4n) is 4.19. The van der Waals surface area contributed by atoms with Crippen molar-refractivity contribution >= 4 is 49.8 Å². The molecule has 2 heterocycles. The third-order valence-corrected chi connectivity index (χ3v) is 9.87. The lowest BCUT2D eigenvalue weighted by molar-refractivity contribution is -0.136. The number of halogens is 1. The number of rotatable bonds is 10. The minimum Gasteiger partial charge on any atom is -0.465 e. The number of esters is 1. The molecule has 40 heavy (non-hydrogen) atoms. The fraction of sp³-hybridized carbons (Fsp3) is 0.370. The molecule has 2 aromatic carbocycles. The number of nitrogens with zero attached hydrogens (tertiary/aromatic N) is 1. The van der Waals surface area contributed by atoms with Crippen LogP contribution in [0.5, 0.6) is 10.8 Å². The third-order valence-electron chi connectivity index (χ3n) is 6.49. The van der Waals surface area contributed by atoms with Crippen molar-refractivity contribution < 1.29 is 37.0 Å². The van der Waals surface area contributed by atoms with E-state index >= 15 is 0 Å². The van der Waals surface area contributed by atoms with Crippen molar-refractivity contribution in [3.8, 4) is 10.8 Å². The van der Waals surface area contributed by atoms with Gasteiger partial charge in [-0.25, -0.2) is 18.2 Å². The number of anilines is 1. The summed E-state index contributed by atoms with van der Waals surface area (Å²) in [6.07, 6.45) is 2.91. The molecule has 1 aromatic heterocycles. The van der Waals surface area contributed by atoms with Crippen molar-refractivity contribution in [2.75, 3.05) is 25.6 Å². The number of thiazole rings is 1. The number of carbonyl (C=O) groups is 2. The standard InChI is InChI=1S/C27H27ClN2O8S2/c1-35-26(32)21-9-4-18(14-22(21)28)37-23-15-29-27(39-23)30-25(31)24(38-17-10-12-36-13-11-17)16-2-5-19(6-3-16)40(33,34)20-7-8-20/h2-6,9,14-15,17,20,24H,7-8,10-13H2,1H3,(H,29,30,31). The molecule has 1 saturated heterocycles. The highest BCUT2D eigenvalue weighted by atomic mass is 35.5. The summed E-state index contributed by atoms with van der Waals surface area (Å²) in [6, 6.07) is 10.9. The second kappa shape index (κ2) is 12.2. The van der Waals surface area contributed by atoms with Gasteiger partial charge in [0, 0.05) is 19.3 Å². The van der Waals surface area contributed by atoms with Crippen molar-refractivity contribution in [3.05, 3.63) is 64.8 Å². The van der Waals surface area contributed by atoms with Crippen LogP contribution in [-0.4, -0.2) is 57.0 Å². The molecule has 1 atom stereocenters. The first kappa shape index (κ1) is 28.5. The van der Waals surface area contributed by atoms with Gasteiger partial charge in [-0.3, -0.25) is 10.1 Å². The molecule has 1 N–H and O–H groups in total. The lowest BCUT2D eigenvalue weighted by Crippen LogP contribution is -2.31. The molecular formula is C27H27ClN2O8S2. The minimum absolute atomic E-state index is 0.173. The van der Waals surface area contributed by atoms with E-state index in [2.05, 4.69) is 10.3 Å². The number of hydrogen-bond donors (Lipinski definition) is 1.